The van der Waals surface area contributed by atoms with Crippen molar-refractivity contribution in [2.45, 2.75) is 167 Å². The predicted molar refractivity (Wildman–Crippen MR) is 201 cm³/mol. The molecule has 0 aromatic heterocycles. The Morgan fingerprint density at radius 1 is 0.633 bits per heavy atom. The third-order valence-corrected chi connectivity index (χ3v) is 8.52. The zero-order valence-electron chi connectivity index (χ0n) is 32.1. The number of hydrogen-bond donors (Lipinski definition) is 1. The normalized spacial score (nSPS) is 13.4. The van der Waals surface area contributed by atoms with Gasteiger partial charge >= 0.3 is 17.9 Å². The third kappa shape index (κ3) is 31.3. The van der Waals surface area contributed by atoms with Crippen molar-refractivity contribution in [1.29, 1.82) is 0 Å². The molecule has 0 aliphatic carbocycles. The number of hydrogen-bond acceptors (Lipinski definition) is 6. The van der Waals surface area contributed by atoms with E-state index in [0.29, 0.717) is 19.3 Å². The van der Waals surface area contributed by atoms with Crippen LogP contribution in [0.15, 0.2) is 36.5 Å². The molecule has 0 spiro atoms. The summed E-state index contributed by atoms with van der Waals surface area (Å²) < 4.78 is 17.2. The number of carbonyl (C=O) groups excluding carboxylic acids is 2. The standard InChI is InChI=1S/C41H73NO7/c1-6-8-10-12-14-16-18-19-20-22-23-25-27-29-31-39(43)48-36-37(35-47-34-33-38(41(45)46)42(3,4)5)49-40(44)32-30-28-26-24-21-17-15-13-11-9-7-2/h8,10,13-16,37-38H,6-7,9,11-12,17-36H2,1-5H3/p+1/b10-8+,15-13+,16-14+. The van der Waals surface area contributed by atoms with E-state index < -0.39 is 18.1 Å². The van der Waals surface area contributed by atoms with E-state index in [0.717, 1.165) is 70.6 Å². The summed E-state index contributed by atoms with van der Waals surface area (Å²) in [4.78, 5) is 36.8. The zero-order valence-corrected chi connectivity index (χ0v) is 32.1. The molecule has 0 amide bonds. The molecule has 8 nitrogen and oxygen atoms in total. The van der Waals surface area contributed by atoms with Crippen molar-refractivity contribution in [3.8, 4) is 0 Å². The van der Waals surface area contributed by atoms with Gasteiger partial charge in [-0.2, -0.15) is 0 Å². The van der Waals surface area contributed by atoms with Crippen LogP contribution in [0.2, 0.25) is 0 Å². The minimum Gasteiger partial charge on any atom is -0.477 e. The lowest BCUT2D eigenvalue weighted by molar-refractivity contribution is -0.887. The van der Waals surface area contributed by atoms with Gasteiger partial charge < -0.3 is 23.8 Å². The summed E-state index contributed by atoms with van der Waals surface area (Å²) in [7, 11) is 5.51. The Labute approximate surface area is 300 Å². The largest absolute Gasteiger partial charge is 0.477 e. The number of carboxylic acid groups (broad SMARTS) is 1. The van der Waals surface area contributed by atoms with Crippen LogP contribution in [0.3, 0.4) is 0 Å². The minimum atomic E-state index is -0.879. The number of quaternary nitrogens is 1. The molecule has 0 heterocycles. The van der Waals surface area contributed by atoms with Gasteiger partial charge in [-0.3, -0.25) is 9.59 Å². The van der Waals surface area contributed by atoms with E-state index in [1.807, 2.05) is 21.1 Å². The molecular weight excluding hydrogens is 618 g/mol. The average Bonchev–Trinajstić information content (AvgIpc) is 3.05. The van der Waals surface area contributed by atoms with E-state index in [9.17, 15) is 19.5 Å². The fraction of sp³-hybridized carbons (Fsp3) is 0.780. The van der Waals surface area contributed by atoms with Gasteiger partial charge in [0.2, 0.25) is 0 Å². The maximum Gasteiger partial charge on any atom is 0.362 e. The Morgan fingerprint density at radius 3 is 1.69 bits per heavy atom. The molecule has 8 heteroatoms. The van der Waals surface area contributed by atoms with E-state index in [2.05, 4.69) is 50.3 Å². The molecule has 0 bridgehead atoms. The van der Waals surface area contributed by atoms with Crippen LogP contribution in [-0.4, -0.2) is 80.6 Å². The smallest absolute Gasteiger partial charge is 0.362 e. The second-order valence-corrected chi connectivity index (χ2v) is 14.1. The van der Waals surface area contributed by atoms with Gasteiger partial charge in [0.15, 0.2) is 12.1 Å². The monoisotopic (exact) mass is 693 g/mol. The maximum atomic E-state index is 12.6. The number of allylic oxidation sites excluding steroid dienone is 6. The Bertz CT molecular complexity index is 906. The van der Waals surface area contributed by atoms with E-state index in [1.54, 1.807) is 0 Å². The first-order valence-corrected chi connectivity index (χ1v) is 19.5. The number of likely N-dealkylation sites (N-methyl/N-ethyl adjacent to an activating group) is 1. The summed E-state index contributed by atoms with van der Waals surface area (Å²) in [6.45, 7) is 4.56. The fourth-order valence-corrected chi connectivity index (χ4v) is 5.46. The van der Waals surface area contributed by atoms with Gasteiger partial charge in [-0.05, 0) is 57.8 Å². The molecule has 0 saturated heterocycles. The predicted octanol–water partition coefficient (Wildman–Crippen LogP) is 9.91. The number of aliphatic carboxylic acids is 1. The molecule has 0 aromatic carbocycles. The number of unbranched alkanes of at least 4 members (excludes halogenated alkanes) is 14. The second-order valence-electron chi connectivity index (χ2n) is 14.1. The maximum absolute atomic E-state index is 12.6. The lowest BCUT2D eigenvalue weighted by Gasteiger charge is -2.31. The van der Waals surface area contributed by atoms with Crippen LogP contribution in [-0.2, 0) is 28.6 Å². The highest BCUT2D eigenvalue weighted by atomic mass is 16.6. The summed E-state index contributed by atoms with van der Waals surface area (Å²) in [6.07, 6.45) is 34.7. The fourth-order valence-electron chi connectivity index (χ4n) is 5.46. The number of esters is 2. The van der Waals surface area contributed by atoms with Crippen molar-refractivity contribution in [2.75, 3.05) is 41.0 Å². The highest BCUT2D eigenvalue weighted by Crippen LogP contribution is 2.13. The first-order valence-electron chi connectivity index (χ1n) is 19.5. The summed E-state index contributed by atoms with van der Waals surface area (Å²) in [6, 6.07) is -0.615. The highest BCUT2D eigenvalue weighted by molar-refractivity contribution is 5.72. The van der Waals surface area contributed by atoms with Crippen molar-refractivity contribution < 1.29 is 38.2 Å². The summed E-state index contributed by atoms with van der Waals surface area (Å²) in [5, 5.41) is 9.58. The molecule has 1 N–H and O–H groups in total. The van der Waals surface area contributed by atoms with Crippen LogP contribution < -0.4 is 0 Å². The molecule has 2 unspecified atom stereocenters. The van der Waals surface area contributed by atoms with E-state index in [1.165, 1.54) is 51.4 Å². The second kappa shape index (κ2) is 32.7. The van der Waals surface area contributed by atoms with Crippen molar-refractivity contribution in [1.82, 2.24) is 0 Å². The Kier molecular flexibility index (Phi) is 31.1. The summed E-state index contributed by atoms with van der Waals surface area (Å²) >= 11 is 0. The van der Waals surface area contributed by atoms with Crippen molar-refractivity contribution in [2.24, 2.45) is 0 Å². The van der Waals surface area contributed by atoms with Gasteiger partial charge in [0.05, 0.1) is 34.4 Å². The Morgan fingerprint density at radius 2 is 1.14 bits per heavy atom. The average molecular weight is 693 g/mol. The molecular formula is C41H74NO7+. The summed E-state index contributed by atoms with van der Waals surface area (Å²) in [5.41, 5.74) is 0. The first-order chi connectivity index (χ1) is 23.6. The molecule has 0 aliphatic rings. The number of nitrogens with zero attached hydrogens (tertiary/aromatic N) is 1. The van der Waals surface area contributed by atoms with Crippen molar-refractivity contribution >= 4 is 17.9 Å². The molecule has 49 heavy (non-hydrogen) atoms. The van der Waals surface area contributed by atoms with Gasteiger partial charge in [-0.1, -0.05) is 115 Å². The molecule has 284 valence electrons. The molecule has 0 rings (SSSR count). The van der Waals surface area contributed by atoms with Crippen molar-refractivity contribution in [3.05, 3.63) is 36.5 Å². The summed E-state index contributed by atoms with van der Waals surface area (Å²) in [5.74, 6) is -1.49. The van der Waals surface area contributed by atoms with E-state index in [4.69, 9.17) is 14.2 Å². The lowest BCUT2D eigenvalue weighted by atomic mass is 10.1. The van der Waals surface area contributed by atoms with Gasteiger partial charge in [-0.15, -0.1) is 0 Å². The zero-order chi connectivity index (χ0) is 36.4. The van der Waals surface area contributed by atoms with Gasteiger partial charge in [0, 0.05) is 19.3 Å². The SMILES string of the molecule is CC/C=C/C/C=C/CCCCCCCCCC(=O)OCC(COCCC(C(=O)O)[N+](C)(C)C)OC(=O)CCCCCCC/C=C/CCCC. The van der Waals surface area contributed by atoms with Crippen LogP contribution in [0.25, 0.3) is 0 Å². The number of rotatable bonds is 34. The molecule has 0 fully saturated rings. The molecule has 0 aliphatic heterocycles. The minimum absolute atomic E-state index is 0.0555. The van der Waals surface area contributed by atoms with E-state index in [-0.39, 0.29) is 36.2 Å². The third-order valence-electron chi connectivity index (χ3n) is 8.52. The van der Waals surface area contributed by atoms with E-state index >= 15 is 0 Å². The van der Waals surface area contributed by atoms with Gasteiger partial charge in [-0.25, -0.2) is 4.79 Å². The van der Waals surface area contributed by atoms with Gasteiger partial charge in [0.1, 0.15) is 6.61 Å². The van der Waals surface area contributed by atoms with Crippen LogP contribution >= 0.6 is 0 Å². The lowest BCUT2D eigenvalue weighted by Crippen LogP contribution is -2.50. The first kappa shape index (κ1) is 46.5. The van der Waals surface area contributed by atoms with Crippen LogP contribution in [0.5, 0.6) is 0 Å². The molecule has 0 radical (unpaired) electrons. The Hall–Kier alpha value is -2.45. The highest BCUT2D eigenvalue weighted by Gasteiger charge is 2.31. The molecule has 0 aromatic rings. The van der Waals surface area contributed by atoms with Crippen LogP contribution in [0.1, 0.15) is 155 Å². The van der Waals surface area contributed by atoms with Crippen molar-refractivity contribution in [3.63, 3.8) is 0 Å². The van der Waals surface area contributed by atoms with Gasteiger partial charge in [0.25, 0.3) is 0 Å². The molecule has 2 atom stereocenters. The molecule has 0 saturated carbocycles. The number of carboxylic acids is 1. The number of carbonyl (C=O) groups is 3. The van der Waals surface area contributed by atoms with Crippen LogP contribution in [0, 0.1) is 0 Å². The Balaban J connectivity index is 4.42. The number of ether oxygens (including phenoxy) is 3. The van der Waals surface area contributed by atoms with Crippen LogP contribution in [0.4, 0.5) is 0 Å². The topological polar surface area (TPSA) is 99.1 Å². The quantitative estimate of drug-likeness (QED) is 0.0310.